The molecule has 10 heteroatoms. The van der Waals surface area contributed by atoms with E-state index in [1.54, 1.807) is 25.3 Å². The number of amides is 1. The number of nitrogens with zero attached hydrogens (tertiary/aromatic N) is 3. The molecule has 4 rings (SSSR count). The van der Waals surface area contributed by atoms with E-state index in [4.69, 9.17) is 9.15 Å². The van der Waals surface area contributed by atoms with E-state index in [-0.39, 0.29) is 17.0 Å². The zero-order valence-corrected chi connectivity index (χ0v) is 17.0. The first kappa shape index (κ1) is 20.9. The Balaban J connectivity index is 1.56. The van der Waals surface area contributed by atoms with E-state index in [1.165, 1.54) is 30.5 Å². The number of aromatic nitrogens is 1. The summed E-state index contributed by atoms with van der Waals surface area (Å²) in [7, 11) is 0. The van der Waals surface area contributed by atoms with Crippen LogP contribution in [-0.2, 0) is 6.42 Å². The summed E-state index contributed by atoms with van der Waals surface area (Å²) in [6.07, 6.45) is 4.90. The number of nitro groups is 1. The predicted octanol–water partition coefficient (Wildman–Crippen LogP) is 3.58. The van der Waals surface area contributed by atoms with Gasteiger partial charge in [-0.2, -0.15) is 5.10 Å². The van der Waals surface area contributed by atoms with Gasteiger partial charge in [-0.05, 0) is 38.0 Å². The molecule has 0 spiro atoms. The number of nitrogens with one attached hydrogen (secondary N) is 1. The van der Waals surface area contributed by atoms with Gasteiger partial charge < -0.3 is 9.15 Å². The molecular weight excluding hydrogens is 416 g/mol. The van der Waals surface area contributed by atoms with Crippen molar-refractivity contribution in [2.24, 2.45) is 5.10 Å². The molecule has 0 radical (unpaired) electrons. The van der Waals surface area contributed by atoms with Gasteiger partial charge in [0.15, 0.2) is 0 Å². The molecule has 162 valence electrons. The summed E-state index contributed by atoms with van der Waals surface area (Å²) in [6.45, 7) is 1.73. The van der Waals surface area contributed by atoms with E-state index in [9.17, 15) is 19.7 Å². The lowest BCUT2D eigenvalue weighted by atomic mass is 9.93. The molecule has 0 fully saturated rings. The van der Waals surface area contributed by atoms with Crippen LogP contribution in [0.3, 0.4) is 0 Å². The first-order valence-electron chi connectivity index (χ1n) is 9.80. The number of nitro benzene ring substituents is 1. The van der Waals surface area contributed by atoms with Gasteiger partial charge in [-0.1, -0.05) is 6.07 Å². The Morgan fingerprint density at radius 3 is 2.84 bits per heavy atom. The number of pyridine rings is 1. The van der Waals surface area contributed by atoms with Crippen LogP contribution in [0.4, 0.5) is 5.69 Å². The molecular formula is C22H18N4O6. The molecule has 2 heterocycles. The topological polar surface area (TPSA) is 137 Å². The van der Waals surface area contributed by atoms with Gasteiger partial charge in [-0.25, -0.2) is 10.2 Å². The number of esters is 1. The summed E-state index contributed by atoms with van der Waals surface area (Å²) in [5, 5.41) is 15.1. The second-order valence-corrected chi connectivity index (χ2v) is 7.09. The standard InChI is InChI=1S/C22H18N4O6/c1-13-19-17(24-25-21(27)14-5-2-6-15(11-14)26(29)30)8-3-9-18(19)32-20(13)22(28)31-16-7-4-10-23-12-16/h2,4-7,10-12H,3,8-9H2,1H3,(H,25,27)/b24-17+. The van der Waals surface area contributed by atoms with E-state index < -0.39 is 16.8 Å². The zero-order valence-electron chi connectivity index (χ0n) is 17.0. The van der Waals surface area contributed by atoms with Crippen molar-refractivity contribution >= 4 is 23.3 Å². The summed E-state index contributed by atoms with van der Waals surface area (Å²) in [6, 6.07) is 8.63. The fourth-order valence-electron chi connectivity index (χ4n) is 3.48. The Bertz CT molecular complexity index is 1230. The molecule has 1 amide bonds. The van der Waals surface area contributed by atoms with Crippen LogP contribution in [0.1, 0.15) is 50.6 Å². The highest BCUT2D eigenvalue weighted by molar-refractivity contribution is 6.06. The van der Waals surface area contributed by atoms with Crippen molar-refractivity contribution in [3.05, 3.63) is 87.1 Å². The van der Waals surface area contributed by atoms with E-state index in [0.29, 0.717) is 41.2 Å². The highest BCUT2D eigenvalue weighted by Gasteiger charge is 2.29. The Kier molecular flexibility index (Phi) is 5.75. The van der Waals surface area contributed by atoms with Crippen LogP contribution in [0, 0.1) is 17.0 Å². The van der Waals surface area contributed by atoms with Crippen LogP contribution in [0.15, 0.2) is 58.3 Å². The highest BCUT2D eigenvalue weighted by atomic mass is 16.6. The largest absolute Gasteiger partial charge is 0.453 e. The maximum Gasteiger partial charge on any atom is 0.379 e. The number of hydrogen-bond donors (Lipinski definition) is 1. The molecule has 2 aromatic heterocycles. The second-order valence-electron chi connectivity index (χ2n) is 7.09. The molecule has 0 saturated carbocycles. The van der Waals surface area contributed by atoms with Crippen molar-refractivity contribution in [1.82, 2.24) is 10.4 Å². The molecule has 0 saturated heterocycles. The van der Waals surface area contributed by atoms with Crippen molar-refractivity contribution in [3.63, 3.8) is 0 Å². The maximum atomic E-state index is 12.6. The van der Waals surface area contributed by atoms with E-state index in [2.05, 4.69) is 15.5 Å². The van der Waals surface area contributed by atoms with Gasteiger partial charge in [0, 0.05) is 41.4 Å². The minimum Gasteiger partial charge on any atom is -0.453 e. The average Bonchev–Trinajstić information content (AvgIpc) is 3.15. The van der Waals surface area contributed by atoms with Crippen LogP contribution in [0.5, 0.6) is 5.75 Å². The van der Waals surface area contributed by atoms with Gasteiger partial charge in [-0.3, -0.25) is 19.9 Å². The number of carbonyl (C=O) groups is 2. The van der Waals surface area contributed by atoms with Crippen molar-refractivity contribution in [1.29, 1.82) is 0 Å². The van der Waals surface area contributed by atoms with Crippen molar-refractivity contribution < 1.29 is 23.7 Å². The quantitative estimate of drug-likeness (QED) is 0.368. The number of benzene rings is 1. The molecule has 1 N–H and O–H groups in total. The molecule has 1 aromatic carbocycles. The van der Waals surface area contributed by atoms with E-state index >= 15 is 0 Å². The zero-order chi connectivity index (χ0) is 22.7. The SMILES string of the molecule is Cc1c(C(=O)Oc2cccnc2)oc2c1/C(=N/NC(=O)c1cccc([N+](=O)[O-])c1)CCC2. The molecule has 10 nitrogen and oxygen atoms in total. The fraction of sp³-hybridized carbons (Fsp3) is 0.182. The minimum atomic E-state index is -0.648. The number of fused-ring (bicyclic) bond motifs is 1. The third-order valence-electron chi connectivity index (χ3n) is 4.97. The number of hydrazone groups is 1. The number of aryl methyl sites for hydroxylation is 1. The van der Waals surface area contributed by atoms with Crippen molar-refractivity contribution in [3.8, 4) is 5.75 Å². The number of hydrogen-bond acceptors (Lipinski definition) is 8. The first-order chi connectivity index (χ1) is 15.4. The van der Waals surface area contributed by atoms with Crippen LogP contribution < -0.4 is 10.2 Å². The molecule has 0 unspecified atom stereocenters. The van der Waals surface area contributed by atoms with Gasteiger partial charge in [0.05, 0.1) is 16.8 Å². The number of furan rings is 1. The van der Waals surface area contributed by atoms with Crippen LogP contribution in [0.2, 0.25) is 0 Å². The third kappa shape index (κ3) is 4.24. The van der Waals surface area contributed by atoms with Crippen molar-refractivity contribution in [2.75, 3.05) is 0 Å². The summed E-state index contributed by atoms with van der Waals surface area (Å²) < 4.78 is 11.1. The van der Waals surface area contributed by atoms with Gasteiger partial charge in [0.2, 0.25) is 5.76 Å². The molecule has 32 heavy (non-hydrogen) atoms. The van der Waals surface area contributed by atoms with Gasteiger partial charge in [0.1, 0.15) is 11.5 Å². The molecule has 0 bridgehead atoms. The first-order valence-corrected chi connectivity index (χ1v) is 9.80. The van der Waals surface area contributed by atoms with Crippen LogP contribution >= 0.6 is 0 Å². The van der Waals surface area contributed by atoms with Gasteiger partial charge in [0.25, 0.3) is 11.6 Å². The fourth-order valence-corrected chi connectivity index (χ4v) is 3.48. The predicted molar refractivity (Wildman–Crippen MR) is 113 cm³/mol. The summed E-state index contributed by atoms with van der Waals surface area (Å²) in [5.74, 6) is -0.270. The monoisotopic (exact) mass is 434 g/mol. The number of ether oxygens (including phenoxy) is 1. The minimum absolute atomic E-state index is 0.0680. The lowest BCUT2D eigenvalue weighted by Crippen LogP contribution is -2.22. The molecule has 0 atom stereocenters. The Morgan fingerprint density at radius 1 is 1.25 bits per heavy atom. The smallest absolute Gasteiger partial charge is 0.379 e. The average molecular weight is 434 g/mol. The number of non-ortho nitro benzene ring substituents is 1. The molecule has 1 aliphatic rings. The van der Waals surface area contributed by atoms with Crippen molar-refractivity contribution in [2.45, 2.75) is 26.2 Å². The number of rotatable bonds is 5. The Morgan fingerprint density at radius 2 is 2.09 bits per heavy atom. The Labute approximate surface area is 182 Å². The van der Waals surface area contributed by atoms with E-state index in [0.717, 1.165) is 6.42 Å². The Hall–Kier alpha value is -4.34. The number of carbonyl (C=O) groups excluding carboxylic acids is 2. The summed E-state index contributed by atoms with van der Waals surface area (Å²) in [5.41, 5.74) is 4.16. The summed E-state index contributed by atoms with van der Waals surface area (Å²) in [4.78, 5) is 39.3. The van der Waals surface area contributed by atoms with Crippen LogP contribution in [-0.4, -0.2) is 27.5 Å². The van der Waals surface area contributed by atoms with Crippen LogP contribution in [0.25, 0.3) is 0 Å². The van der Waals surface area contributed by atoms with Gasteiger partial charge in [-0.15, -0.1) is 0 Å². The second kappa shape index (κ2) is 8.80. The molecule has 3 aromatic rings. The lowest BCUT2D eigenvalue weighted by Gasteiger charge is -2.13. The third-order valence-corrected chi connectivity index (χ3v) is 4.97. The van der Waals surface area contributed by atoms with Gasteiger partial charge >= 0.3 is 5.97 Å². The maximum absolute atomic E-state index is 12.6. The summed E-state index contributed by atoms with van der Waals surface area (Å²) >= 11 is 0. The lowest BCUT2D eigenvalue weighted by molar-refractivity contribution is -0.384. The normalized spacial score (nSPS) is 14.0. The highest BCUT2D eigenvalue weighted by Crippen LogP contribution is 2.30. The van der Waals surface area contributed by atoms with E-state index in [1.807, 2.05) is 0 Å². The molecule has 1 aliphatic carbocycles. The molecule has 0 aliphatic heterocycles.